The Bertz CT molecular complexity index is 439. The minimum atomic E-state index is -0.145. The SMILES string of the molecule is O=C(NCCCl)N1CCc2c([nH][nH]c2=O)C1. The van der Waals surface area contributed by atoms with Gasteiger partial charge in [-0.25, -0.2) is 4.79 Å². The Morgan fingerprint density at radius 1 is 1.50 bits per heavy atom. The number of amides is 2. The van der Waals surface area contributed by atoms with Crippen LogP contribution in [-0.2, 0) is 13.0 Å². The van der Waals surface area contributed by atoms with Gasteiger partial charge in [0.1, 0.15) is 0 Å². The molecule has 0 saturated carbocycles. The van der Waals surface area contributed by atoms with Gasteiger partial charge in [-0.1, -0.05) is 0 Å². The Hall–Kier alpha value is -1.43. The van der Waals surface area contributed by atoms with Crippen molar-refractivity contribution in [3.05, 3.63) is 21.6 Å². The number of hydrogen-bond acceptors (Lipinski definition) is 2. The molecule has 0 aromatic carbocycles. The molecule has 0 spiro atoms. The van der Waals surface area contributed by atoms with Crippen molar-refractivity contribution in [3.8, 4) is 0 Å². The number of carbonyl (C=O) groups is 1. The average molecular weight is 245 g/mol. The molecule has 1 aromatic heterocycles. The van der Waals surface area contributed by atoms with Gasteiger partial charge in [-0.15, -0.1) is 11.6 Å². The molecule has 0 unspecified atom stereocenters. The second kappa shape index (κ2) is 4.61. The number of nitrogens with zero attached hydrogens (tertiary/aromatic N) is 1. The molecular formula is C9H13ClN4O2. The number of halogens is 1. The Kier molecular flexibility index (Phi) is 3.19. The maximum atomic E-state index is 11.6. The first-order valence-electron chi connectivity index (χ1n) is 5.09. The van der Waals surface area contributed by atoms with Crippen molar-refractivity contribution in [1.82, 2.24) is 20.4 Å². The van der Waals surface area contributed by atoms with Crippen LogP contribution in [-0.4, -0.2) is 40.1 Å². The van der Waals surface area contributed by atoms with Gasteiger partial charge >= 0.3 is 6.03 Å². The van der Waals surface area contributed by atoms with E-state index in [-0.39, 0.29) is 11.6 Å². The maximum Gasteiger partial charge on any atom is 0.317 e. The number of urea groups is 1. The van der Waals surface area contributed by atoms with E-state index in [0.29, 0.717) is 31.9 Å². The third-order valence-corrected chi connectivity index (χ3v) is 2.79. The molecule has 0 radical (unpaired) electrons. The first-order valence-corrected chi connectivity index (χ1v) is 5.63. The molecule has 1 aliphatic heterocycles. The van der Waals surface area contributed by atoms with Crippen molar-refractivity contribution in [2.45, 2.75) is 13.0 Å². The zero-order chi connectivity index (χ0) is 11.5. The molecule has 88 valence electrons. The maximum absolute atomic E-state index is 11.6. The summed E-state index contributed by atoms with van der Waals surface area (Å²) in [6, 6.07) is -0.145. The molecule has 0 bridgehead atoms. The van der Waals surface area contributed by atoms with E-state index in [4.69, 9.17) is 11.6 Å². The standard InChI is InChI=1S/C9H13ClN4O2/c10-2-3-11-9(16)14-4-1-6-7(5-14)12-13-8(6)15/h1-5H2,(H,11,16)(H2,12,13,15). The van der Waals surface area contributed by atoms with Crippen molar-refractivity contribution in [1.29, 1.82) is 0 Å². The number of rotatable bonds is 2. The first-order chi connectivity index (χ1) is 7.72. The molecule has 6 nitrogen and oxygen atoms in total. The third-order valence-electron chi connectivity index (χ3n) is 2.60. The monoisotopic (exact) mass is 244 g/mol. The van der Waals surface area contributed by atoms with Crippen LogP contribution in [0.2, 0.25) is 0 Å². The predicted octanol–water partition coefficient (Wildman–Crippen LogP) is 0.00950. The number of nitrogens with one attached hydrogen (secondary N) is 3. The normalized spacial score (nSPS) is 14.7. The summed E-state index contributed by atoms with van der Waals surface area (Å²) < 4.78 is 0. The number of hydrogen-bond donors (Lipinski definition) is 3. The summed E-state index contributed by atoms with van der Waals surface area (Å²) >= 11 is 5.48. The molecular weight excluding hydrogens is 232 g/mol. The van der Waals surface area contributed by atoms with Gasteiger partial charge in [-0.2, -0.15) is 0 Å². The lowest BCUT2D eigenvalue weighted by Gasteiger charge is -2.26. The van der Waals surface area contributed by atoms with E-state index in [1.54, 1.807) is 4.90 Å². The topological polar surface area (TPSA) is 81.0 Å². The molecule has 1 aromatic rings. The predicted molar refractivity (Wildman–Crippen MR) is 59.6 cm³/mol. The van der Waals surface area contributed by atoms with Crippen molar-refractivity contribution in [2.24, 2.45) is 0 Å². The average Bonchev–Trinajstić information content (AvgIpc) is 2.67. The van der Waals surface area contributed by atoms with Crippen LogP contribution in [0, 0.1) is 0 Å². The zero-order valence-electron chi connectivity index (χ0n) is 8.68. The summed E-state index contributed by atoms with van der Waals surface area (Å²) in [5.74, 6) is 0.395. The third kappa shape index (κ3) is 2.06. The van der Waals surface area contributed by atoms with Gasteiger partial charge in [-0.05, 0) is 6.42 Å². The van der Waals surface area contributed by atoms with E-state index in [1.807, 2.05) is 0 Å². The van der Waals surface area contributed by atoms with Crippen LogP contribution in [0.5, 0.6) is 0 Å². The molecule has 1 aliphatic rings. The highest BCUT2D eigenvalue weighted by atomic mass is 35.5. The number of alkyl halides is 1. The molecule has 16 heavy (non-hydrogen) atoms. The van der Waals surface area contributed by atoms with Crippen LogP contribution in [0.15, 0.2) is 4.79 Å². The van der Waals surface area contributed by atoms with Crippen molar-refractivity contribution < 1.29 is 4.79 Å². The van der Waals surface area contributed by atoms with Crippen LogP contribution >= 0.6 is 11.6 Å². The van der Waals surface area contributed by atoms with Crippen molar-refractivity contribution >= 4 is 17.6 Å². The summed E-state index contributed by atoms with van der Waals surface area (Å²) in [5.41, 5.74) is 1.45. The van der Waals surface area contributed by atoms with Crippen LogP contribution in [0.3, 0.4) is 0 Å². The number of aromatic amines is 2. The Morgan fingerprint density at radius 3 is 3.06 bits per heavy atom. The van der Waals surface area contributed by atoms with Gasteiger partial charge in [0.05, 0.1) is 12.2 Å². The van der Waals surface area contributed by atoms with E-state index < -0.39 is 0 Å². The molecule has 0 fully saturated rings. The zero-order valence-corrected chi connectivity index (χ0v) is 9.43. The number of aromatic nitrogens is 2. The molecule has 0 saturated heterocycles. The lowest BCUT2D eigenvalue weighted by molar-refractivity contribution is 0.192. The van der Waals surface area contributed by atoms with Crippen LogP contribution < -0.4 is 10.9 Å². The molecule has 0 aliphatic carbocycles. The first kappa shape index (κ1) is 11.1. The van der Waals surface area contributed by atoms with Gasteiger partial charge in [-0.3, -0.25) is 9.89 Å². The van der Waals surface area contributed by atoms with E-state index in [2.05, 4.69) is 15.5 Å². The highest BCUT2D eigenvalue weighted by molar-refractivity contribution is 6.18. The Labute approximate surface area is 96.9 Å². The second-order valence-corrected chi connectivity index (χ2v) is 4.01. The summed E-state index contributed by atoms with van der Waals surface area (Å²) in [4.78, 5) is 24.6. The molecule has 2 rings (SSSR count). The van der Waals surface area contributed by atoms with E-state index in [0.717, 1.165) is 11.3 Å². The van der Waals surface area contributed by atoms with E-state index in [1.165, 1.54) is 0 Å². The lowest BCUT2D eigenvalue weighted by Crippen LogP contribution is -2.43. The molecule has 0 atom stereocenters. The molecule has 2 amide bonds. The summed E-state index contributed by atoms with van der Waals surface area (Å²) in [7, 11) is 0. The molecule has 3 N–H and O–H groups in total. The van der Waals surface area contributed by atoms with Crippen LogP contribution in [0.4, 0.5) is 4.79 Å². The fraction of sp³-hybridized carbons (Fsp3) is 0.556. The number of fused-ring (bicyclic) bond motifs is 1. The molecule has 7 heteroatoms. The Morgan fingerprint density at radius 2 is 2.31 bits per heavy atom. The number of H-pyrrole nitrogens is 2. The highest BCUT2D eigenvalue weighted by Crippen LogP contribution is 2.12. The minimum Gasteiger partial charge on any atom is -0.337 e. The minimum absolute atomic E-state index is 0.0872. The second-order valence-electron chi connectivity index (χ2n) is 3.63. The number of carbonyl (C=O) groups excluding carboxylic acids is 1. The molecule has 2 heterocycles. The van der Waals surface area contributed by atoms with Gasteiger partial charge < -0.3 is 15.3 Å². The van der Waals surface area contributed by atoms with Crippen LogP contribution in [0.25, 0.3) is 0 Å². The summed E-state index contributed by atoms with van der Waals surface area (Å²) in [5, 5.41) is 8.00. The van der Waals surface area contributed by atoms with Gasteiger partial charge in [0, 0.05) is 24.5 Å². The van der Waals surface area contributed by atoms with Crippen LogP contribution in [0.1, 0.15) is 11.3 Å². The van der Waals surface area contributed by atoms with Gasteiger partial charge in [0.25, 0.3) is 5.56 Å². The summed E-state index contributed by atoms with van der Waals surface area (Å²) in [6.45, 7) is 1.44. The lowest BCUT2D eigenvalue weighted by atomic mass is 10.1. The highest BCUT2D eigenvalue weighted by Gasteiger charge is 2.23. The van der Waals surface area contributed by atoms with Crippen molar-refractivity contribution in [2.75, 3.05) is 19.0 Å². The Balaban J connectivity index is 2.02. The summed E-state index contributed by atoms with van der Waals surface area (Å²) in [6.07, 6.45) is 0.586. The fourth-order valence-electron chi connectivity index (χ4n) is 1.78. The van der Waals surface area contributed by atoms with Gasteiger partial charge in [0.15, 0.2) is 0 Å². The smallest absolute Gasteiger partial charge is 0.317 e. The van der Waals surface area contributed by atoms with Gasteiger partial charge in [0.2, 0.25) is 0 Å². The largest absolute Gasteiger partial charge is 0.337 e. The van der Waals surface area contributed by atoms with E-state index >= 15 is 0 Å². The fourth-order valence-corrected chi connectivity index (χ4v) is 1.87. The quantitative estimate of drug-likeness (QED) is 0.641. The van der Waals surface area contributed by atoms with Crippen molar-refractivity contribution in [3.63, 3.8) is 0 Å². The van der Waals surface area contributed by atoms with E-state index in [9.17, 15) is 9.59 Å².